The van der Waals surface area contributed by atoms with Gasteiger partial charge >= 0.3 is 0 Å². The standard InChI is InChI=1S/C41H67FN2O2S/c1-28-26-44(27-29(2)47(28,45)46)24-23-43-41-18-8-9-34(41)33-14-15-36-38(5)19-16-32(31-12-10-30(25-42)11-13-31)37(3,4)35(38)17-20-40(36,7)39(33,6)21-22-41/h12,16,28-30,33-36,43H,8-11,13-15,17-27H2,1-7H3/t28?,29?,30?,33?,34?,35?,36?,38?,39-,40-,41?/m1/s1. The van der Waals surface area contributed by atoms with Crippen molar-refractivity contribution in [3.63, 3.8) is 0 Å². The van der Waals surface area contributed by atoms with E-state index in [0.29, 0.717) is 35.3 Å². The van der Waals surface area contributed by atoms with E-state index in [4.69, 9.17) is 0 Å². The van der Waals surface area contributed by atoms with Gasteiger partial charge in [-0.05, 0) is 153 Å². The van der Waals surface area contributed by atoms with E-state index in [1.165, 1.54) is 69.8 Å². The molecule has 0 radical (unpaired) electrons. The van der Waals surface area contributed by atoms with Crippen LogP contribution in [-0.4, -0.2) is 62.2 Å². The van der Waals surface area contributed by atoms with Gasteiger partial charge in [0.15, 0.2) is 9.84 Å². The highest BCUT2D eigenvalue weighted by molar-refractivity contribution is 7.92. The molecule has 1 N–H and O–H groups in total. The highest BCUT2D eigenvalue weighted by Gasteiger charge is 2.69. The number of nitrogens with zero attached hydrogens (tertiary/aromatic N) is 1. The zero-order valence-corrected chi connectivity index (χ0v) is 31.8. The topological polar surface area (TPSA) is 49.4 Å². The van der Waals surface area contributed by atoms with Gasteiger partial charge in [0, 0.05) is 31.7 Å². The summed E-state index contributed by atoms with van der Waals surface area (Å²) in [5, 5.41) is 3.69. The number of hydrogen-bond acceptors (Lipinski definition) is 4. The molecule has 7 rings (SSSR count). The summed E-state index contributed by atoms with van der Waals surface area (Å²) >= 11 is 0. The average Bonchev–Trinajstić information content (AvgIpc) is 3.44. The number of hydrogen-bond donors (Lipinski definition) is 1. The molecule has 1 heterocycles. The van der Waals surface area contributed by atoms with Gasteiger partial charge in [0.2, 0.25) is 0 Å². The van der Waals surface area contributed by atoms with Gasteiger partial charge in [-0.2, -0.15) is 0 Å². The van der Waals surface area contributed by atoms with Crippen molar-refractivity contribution in [1.82, 2.24) is 10.2 Å². The van der Waals surface area contributed by atoms with Crippen molar-refractivity contribution in [1.29, 1.82) is 0 Å². The Hall–Kier alpha value is -0.720. The van der Waals surface area contributed by atoms with Crippen LogP contribution in [0, 0.1) is 51.2 Å². The normalized spacial score (nSPS) is 49.1. The molecule has 1 saturated heterocycles. The van der Waals surface area contributed by atoms with Gasteiger partial charge in [-0.25, -0.2) is 8.42 Å². The Labute approximate surface area is 287 Å². The van der Waals surface area contributed by atoms with E-state index < -0.39 is 9.84 Å². The third-order valence-corrected chi connectivity index (χ3v) is 19.6. The number of alkyl halides is 1. The number of fused-ring (bicyclic) bond motifs is 7. The Balaban J connectivity index is 1.08. The molecule has 9 unspecified atom stereocenters. The monoisotopic (exact) mass is 670 g/mol. The van der Waals surface area contributed by atoms with Crippen LogP contribution in [0.5, 0.6) is 0 Å². The first-order chi connectivity index (χ1) is 22.1. The summed E-state index contributed by atoms with van der Waals surface area (Å²) in [5.74, 6) is 3.27. The fourth-order valence-electron chi connectivity index (χ4n) is 14.4. The van der Waals surface area contributed by atoms with Crippen molar-refractivity contribution in [2.45, 2.75) is 148 Å². The second-order valence-electron chi connectivity index (χ2n) is 19.3. The maximum atomic E-state index is 13.4. The lowest BCUT2D eigenvalue weighted by atomic mass is 9.33. The van der Waals surface area contributed by atoms with Gasteiger partial charge in [0.25, 0.3) is 0 Å². The van der Waals surface area contributed by atoms with Crippen LogP contribution in [0.25, 0.3) is 0 Å². The van der Waals surface area contributed by atoms with Crippen molar-refractivity contribution in [2.75, 3.05) is 32.9 Å². The molecule has 5 fully saturated rings. The van der Waals surface area contributed by atoms with Crippen LogP contribution in [0.15, 0.2) is 23.3 Å². The van der Waals surface area contributed by atoms with Crippen LogP contribution < -0.4 is 5.32 Å². The predicted octanol–water partition coefficient (Wildman–Crippen LogP) is 8.92. The molecule has 47 heavy (non-hydrogen) atoms. The van der Waals surface area contributed by atoms with E-state index >= 15 is 0 Å². The van der Waals surface area contributed by atoms with Gasteiger partial charge in [-0.15, -0.1) is 0 Å². The number of rotatable bonds is 6. The molecule has 6 heteroatoms. The van der Waals surface area contributed by atoms with Crippen LogP contribution in [-0.2, 0) is 9.84 Å². The van der Waals surface area contributed by atoms with Gasteiger partial charge in [0.05, 0.1) is 17.2 Å². The van der Waals surface area contributed by atoms with Crippen molar-refractivity contribution in [3.8, 4) is 0 Å². The maximum Gasteiger partial charge on any atom is 0.157 e. The first-order valence-corrected chi connectivity index (χ1v) is 21.4. The summed E-state index contributed by atoms with van der Waals surface area (Å²) in [4.78, 5) is 2.40. The van der Waals surface area contributed by atoms with Gasteiger partial charge < -0.3 is 5.32 Å². The molecular weight excluding hydrogens is 604 g/mol. The fraction of sp³-hybridized carbons (Fsp3) is 0.902. The van der Waals surface area contributed by atoms with E-state index in [0.717, 1.165) is 50.1 Å². The van der Waals surface area contributed by atoms with Gasteiger partial charge in [-0.1, -0.05) is 53.2 Å². The minimum Gasteiger partial charge on any atom is -0.310 e. The molecule has 0 aromatic carbocycles. The van der Waals surface area contributed by atoms with E-state index in [1.807, 2.05) is 13.8 Å². The molecule has 7 aliphatic rings. The molecular formula is C41H67FN2O2S. The zero-order valence-electron chi connectivity index (χ0n) is 31.0. The van der Waals surface area contributed by atoms with Crippen LogP contribution in [0.1, 0.15) is 132 Å². The number of sulfone groups is 1. The molecule has 0 spiro atoms. The smallest absolute Gasteiger partial charge is 0.157 e. The lowest BCUT2D eigenvalue weighted by Crippen LogP contribution is -2.67. The summed E-state index contributed by atoms with van der Waals surface area (Å²) in [6.07, 6.45) is 21.4. The predicted molar refractivity (Wildman–Crippen MR) is 193 cm³/mol. The molecule has 11 atom stereocenters. The molecule has 0 bridgehead atoms. The zero-order chi connectivity index (χ0) is 33.6. The summed E-state index contributed by atoms with van der Waals surface area (Å²) in [7, 11) is -2.98. The highest BCUT2D eigenvalue weighted by atomic mass is 32.2. The molecule has 4 saturated carbocycles. The summed E-state index contributed by atoms with van der Waals surface area (Å²) < 4.78 is 38.6. The number of allylic oxidation sites excluding steroid dienone is 4. The second-order valence-corrected chi connectivity index (χ2v) is 22.1. The average molecular weight is 671 g/mol. The van der Waals surface area contributed by atoms with Crippen LogP contribution in [0.3, 0.4) is 0 Å². The molecule has 0 aromatic heterocycles. The first kappa shape index (κ1) is 34.7. The minimum absolute atomic E-state index is 0.170. The van der Waals surface area contributed by atoms with E-state index in [2.05, 4.69) is 57.0 Å². The van der Waals surface area contributed by atoms with Crippen molar-refractivity contribution >= 4 is 9.84 Å². The Bertz CT molecular complexity index is 1370. The van der Waals surface area contributed by atoms with Gasteiger partial charge in [-0.3, -0.25) is 9.29 Å². The molecule has 6 aliphatic carbocycles. The Morgan fingerprint density at radius 1 is 0.851 bits per heavy atom. The third kappa shape index (κ3) is 5.15. The SMILES string of the molecule is CC1CN(CCNC23CCCC2C2CCC4C5(C)CC=C(C6=CCC(CF)CC6)C(C)(C)C5CC[C@@]4(C)[C@]2(C)CC3)CC(C)S1(=O)=O. The maximum absolute atomic E-state index is 13.4. The second kappa shape index (κ2) is 11.9. The first-order valence-electron chi connectivity index (χ1n) is 19.8. The highest BCUT2D eigenvalue weighted by Crippen LogP contribution is 2.76. The largest absolute Gasteiger partial charge is 0.310 e. The van der Waals surface area contributed by atoms with Crippen molar-refractivity contribution in [2.24, 2.45) is 51.2 Å². The Morgan fingerprint density at radius 3 is 2.28 bits per heavy atom. The van der Waals surface area contributed by atoms with E-state index in [9.17, 15) is 12.8 Å². The number of nitrogens with one attached hydrogen (secondary N) is 1. The molecule has 266 valence electrons. The minimum atomic E-state index is -2.98. The summed E-state index contributed by atoms with van der Waals surface area (Å²) in [5.41, 5.74) is 4.69. The van der Waals surface area contributed by atoms with E-state index in [-0.39, 0.29) is 34.0 Å². The van der Waals surface area contributed by atoms with Crippen molar-refractivity contribution in [3.05, 3.63) is 23.3 Å². The van der Waals surface area contributed by atoms with Crippen LogP contribution in [0.4, 0.5) is 4.39 Å². The lowest BCUT2D eigenvalue weighted by molar-refractivity contribution is -0.218. The Kier molecular flexibility index (Phi) is 8.81. The molecule has 0 amide bonds. The Morgan fingerprint density at radius 2 is 1.60 bits per heavy atom. The number of halogens is 1. The quantitative estimate of drug-likeness (QED) is 0.307. The van der Waals surface area contributed by atoms with Gasteiger partial charge in [0.1, 0.15) is 0 Å². The van der Waals surface area contributed by atoms with Crippen molar-refractivity contribution < 1.29 is 12.8 Å². The van der Waals surface area contributed by atoms with E-state index in [1.54, 1.807) is 5.57 Å². The lowest BCUT2D eigenvalue weighted by Gasteiger charge is -2.72. The fourth-order valence-corrected chi connectivity index (χ4v) is 16.0. The molecule has 0 aromatic rings. The summed E-state index contributed by atoms with van der Waals surface area (Å²) in [6.45, 7) is 20.2. The summed E-state index contributed by atoms with van der Waals surface area (Å²) in [6, 6.07) is 0. The molecule has 4 nitrogen and oxygen atoms in total. The third-order valence-electron chi connectivity index (χ3n) is 17.1. The molecule has 1 aliphatic heterocycles. The van der Waals surface area contributed by atoms with Crippen LogP contribution in [0.2, 0.25) is 0 Å². The van der Waals surface area contributed by atoms with Crippen LogP contribution >= 0.6 is 0 Å².